The predicted octanol–water partition coefficient (Wildman–Crippen LogP) is 4.25. The number of benzene rings is 2. The van der Waals surface area contributed by atoms with E-state index >= 15 is 0 Å². The Hall–Kier alpha value is -3.16. The third kappa shape index (κ3) is 4.00. The average Bonchev–Trinajstić information content (AvgIpc) is 3.04. The standard InChI is InChI=1S/C28H26ClN3O3S/c29-21-9-10-22-20(16-21)8-7-19-4-3-13-30-27(19)26(22)18-11-14-31(15-12-18)25(33)17-32-28(34)23-5-1-2-6-24(23)36(32)35/h1-6,9-10,13,16,27,30H,7-8,11-12,14-15,17H2. The Morgan fingerprint density at radius 3 is 2.67 bits per heavy atom. The van der Waals surface area contributed by atoms with Crippen molar-refractivity contribution in [3.05, 3.63) is 93.7 Å². The second kappa shape index (κ2) is 9.37. The average molecular weight is 520 g/mol. The topological polar surface area (TPSA) is 69.7 Å². The van der Waals surface area contributed by atoms with Crippen molar-refractivity contribution in [2.75, 3.05) is 19.6 Å². The number of dihydropyridines is 1. The van der Waals surface area contributed by atoms with Crippen LogP contribution in [0.3, 0.4) is 0 Å². The van der Waals surface area contributed by atoms with Crippen molar-refractivity contribution in [2.24, 2.45) is 0 Å². The Morgan fingerprint density at radius 1 is 1.06 bits per heavy atom. The highest BCUT2D eigenvalue weighted by molar-refractivity contribution is 7.84. The lowest BCUT2D eigenvalue weighted by molar-refractivity contribution is -0.131. The summed E-state index contributed by atoms with van der Waals surface area (Å²) in [6.07, 6.45) is 9.70. The van der Waals surface area contributed by atoms with E-state index in [4.69, 9.17) is 11.6 Å². The summed E-state index contributed by atoms with van der Waals surface area (Å²) in [7, 11) is -1.64. The molecule has 3 aliphatic heterocycles. The number of piperidine rings is 1. The molecule has 1 N–H and O–H groups in total. The number of halogens is 1. The van der Waals surface area contributed by atoms with E-state index in [-0.39, 0.29) is 24.4 Å². The summed E-state index contributed by atoms with van der Waals surface area (Å²) in [4.78, 5) is 28.1. The molecule has 4 aliphatic rings. The fraction of sp³-hybridized carbons (Fsp3) is 0.286. The molecule has 2 aromatic carbocycles. The number of nitrogens with one attached hydrogen (secondary N) is 1. The fourth-order valence-electron chi connectivity index (χ4n) is 5.66. The summed E-state index contributed by atoms with van der Waals surface area (Å²) >= 11 is 6.34. The number of carbonyl (C=O) groups excluding carboxylic acids is 2. The lowest BCUT2D eigenvalue weighted by atomic mass is 9.85. The van der Waals surface area contributed by atoms with Gasteiger partial charge in [0.25, 0.3) is 5.91 Å². The zero-order valence-corrected chi connectivity index (χ0v) is 21.3. The number of hydrogen-bond donors (Lipinski definition) is 1. The van der Waals surface area contributed by atoms with Gasteiger partial charge in [-0.2, -0.15) is 0 Å². The van der Waals surface area contributed by atoms with Gasteiger partial charge in [-0.25, -0.2) is 8.51 Å². The minimum atomic E-state index is -1.64. The molecule has 2 unspecified atom stereocenters. The Kier molecular flexibility index (Phi) is 6.05. The molecule has 36 heavy (non-hydrogen) atoms. The number of amides is 2. The third-order valence-corrected chi connectivity index (χ3v) is 9.14. The number of fused-ring (bicyclic) bond motifs is 3. The third-order valence-electron chi connectivity index (χ3n) is 7.48. The highest BCUT2D eigenvalue weighted by Crippen LogP contribution is 2.39. The van der Waals surface area contributed by atoms with Crippen LogP contribution in [0.1, 0.15) is 40.7 Å². The molecule has 0 spiro atoms. The monoisotopic (exact) mass is 519 g/mol. The SMILES string of the molecule is O=C(CN1C(=O)c2ccccc2S1=O)N1CCC(=C2c3ccc(Cl)cc3CCC3=CC=CNC32)CC1. The van der Waals surface area contributed by atoms with Crippen molar-refractivity contribution in [1.29, 1.82) is 0 Å². The first-order valence-corrected chi connectivity index (χ1v) is 13.7. The molecule has 0 saturated carbocycles. The van der Waals surface area contributed by atoms with Gasteiger partial charge in [-0.1, -0.05) is 41.4 Å². The summed E-state index contributed by atoms with van der Waals surface area (Å²) in [5, 5.41) is 4.32. The Morgan fingerprint density at radius 2 is 1.86 bits per heavy atom. The van der Waals surface area contributed by atoms with Crippen LogP contribution in [0.4, 0.5) is 0 Å². The van der Waals surface area contributed by atoms with E-state index in [1.165, 1.54) is 32.2 Å². The Labute approximate surface area is 217 Å². The van der Waals surface area contributed by atoms with E-state index in [0.29, 0.717) is 23.5 Å². The van der Waals surface area contributed by atoms with Crippen LogP contribution in [0.2, 0.25) is 5.02 Å². The second-order valence-electron chi connectivity index (χ2n) is 9.49. The predicted molar refractivity (Wildman–Crippen MR) is 141 cm³/mol. The largest absolute Gasteiger partial charge is 0.380 e. The van der Waals surface area contributed by atoms with Crippen molar-refractivity contribution in [1.82, 2.24) is 14.5 Å². The minimum Gasteiger partial charge on any atom is -0.380 e. The normalized spacial score (nSPS) is 22.9. The van der Waals surface area contributed by atoms with Crippen LogP contribution in [0.5, 0.6) is 0 Å². The zero-order chi connectivity index (χ0) is 24.8. The van der Waals surface area contributed by atoms with E-state index in [9.17, 15) is 13.8 Å². The van der Waals surface area contributed by atoms with Gasteiger partial charge in [-0.3, -0.25) is 9.59 Å². The summed E-state index contributed by atoms with van der Waals surface area (Å²) in [5.41, 5.74) is 6.92. The minimum absolute atomic E-state index is 0.123. The molecule has 8 heteroatoms. The summed E-state index contributed by atoms with van der Waals surface area (Å²) in [6.45, 7) is 0.975. The van der Waals surface area contributed by atoms with Gasteiger partial charge in [0.15, 0.2) is 11.0 Å². The van der Waals surface area contributed by atoms with Gasteiger partial charge < -0.3 is 10.2 Å². The molecule has 2 atom stereocenters. The highest BCUT2D eigenvalue weighted by Gasteiger charge is 2.37. The molecule has 6 rings (SSSR count). The van der Waals surface area contributed by atoms with E-state index in [2.05, 4.69) is 29.6 Å². The first-order valence-electron chi connectivity index (χ1n) is 12.2. The van der Waals surface area contributed by atoms with Crippen LogP contribution in [0.25, 0.3) is 5.57 Å². The molecule has 6 nitrogen and oxygen atoms in total. The van der Waals surface area contributed by atoms with Gasteiger partial charge in [0.1, 0.15) is 6.54 Å². The number of likely N-dealkylation sites (tertiary alicyclic amines) is 1. The maximum Gasteiger partial charge on any atom is 0.267 e. The highest BCUT2D eigenvalue weighted by atomic mass is 35.5. The number of aryl methyl sites for hydroxylation is 1. The second-order valence-corrected chi connectivity index (χ2v) is 11.3. The molecule has 3 heterocycles. The smallest absolute Gasteiger partial charge is 0.267 e. The van der Waals surface area contributed by atoms with Crippen molar-refractivity contribution < 1.29 is 13.8 Å². The Bertz CT molecular complexity index is 1350. The summed E-state index contributed by atoms with van der Waals surface area (Å²) in [6, 6.07) is 13.1. The van der Waals surface area contributed by atoms with Crippen molar-refractivity contribution in [3.63, 3.8) is 0 Å². The lowest BCUT2D eigenvalue weighted by Gasteiger charge is -2.33. The maximum absolute atomic E-state index is 13.1. The van der Waals surface area contributed by atoms with Crippen LogP contribution >= 0.6 is 11.6 Å². The summed E-state index contributed by atoms with van der Waals surface area (Å²) in [5.74, 6) is -0.512. The van der Waals surface area contributed by atoms with Crippen LogP contribution in [0, 0.1) is 0 Å². The molecule has 1 fully saturated rings. The molecule has 1 saturated heterocycles. The molecule has 1 aliphatic carbocycles. The molecule has 2 amide bonds. The van der Waals surface area contributed by atoms with Gasteiger partial charge in [0, 0.05) is 18.1 Å². The number of hydrogen-bond acceptors (Lipinski definition) is 4. The number of carbonyl (C=O) groups is 2. The van der Waals surface area contributed by atoms with Crippen LogP contribution in [-0.4, -0.2) is 50.9 Å². The molecule has 0 aromatic heterocycles. The van der Waals surface area contributed by atoms with E-state index in [1.807, 2.05) is 12.3 Å². The molecule has 184 valence electrons. The molecular formula is C28H26ClN3O3S. The van der Waals surface area contributed by atoms with Gasteiger partial charge in [0.05, 0.1) is 16.5 Å². The van der Waals surface area contributed by atoms with Crippen LogP contribution < -0.4 is 5.32 Å². The Balaban J connectivity index is 1.22. The van der Waals surface area contributed by atoms with E-state index in [1.54, 1.807) is 29.2 Å². The molecule has 0 bridgehead atoms. The van der Waals surface area contributed by atoms with Gasteiger partial charge >= 0.3 is 0 Å². The van der Waals surface area contributed by atoms with Crippen molar-refractivity contribution in [2.45, 2.75) is 36.6 Å². The van der Waals surface area contributed by atoms with Gasteiger partial charge in [-0.15, -0.1) is 0 Å². The van der Waals surface area contributed by atoms with Gasteiger partial charge in [-0.05, 0) is 84.5 Å². The van der Waals surface area contributed by atoms with Crippen LogP contribution in [-0.2, 0) is 22.2 Å². The molecule has 0 radical (unpaired) electrons. The van der Waals surface area contributed by atoms with Crippen molar-refractivity contribution in [3.8, 4) is 0 Å². The quantitative estimate of drug-likeness (QED) is 0.644. The van der Waals surface area contributed by atoms with Crippen molar-refractivity contribution >= 4 is 40.0 Å². The first kappa shape index (κ1) is 23.3. The summed E-state index contributed by atoms with van der Waals surface area (Å²) < 4.78 is 14.0. The van der Waals surface area contributed by atoms with E-state index in [0.717, 1.165) is 30.7 Å². The van der Waals surface area contributed by atoms with E-state index < -0.39 is 11.0 Å². The zero-order valence-electron chi connectivity index (χ0n) is 19.7. The fourth-order valence-corrected chi connectivity index (χ4v) is 7.10. The maximum atomic E-state index is 13.1. The number of rotatable bonds is 2. The number of allylic oxidation sites excluding steroid dienone is 2. The number of nitrogens with zero attached hydrogens (tertiary/aromatic N) is 2. The molecular weight excluding hydrogens is 494 g/mol. The lowest BCUT2D eigenvalue weighted by Crippen LogP contribution is -2.44. The molecule has 2 aromatic rings. The first-order chi connectivity index (χ1) is 17.5. The van der Waals surface area contributed by atoms with Gasteiger partial charge in [0.2, 0.25) is 5.91 Å². The van der Waals surface area contributed by atoms with Crippen LogP contribution in [0.15, 0.2) is 76.9 Å².